The molecule has 1 aromatic carbocycles. The van der Waals surface area contributed by atoms with Crippen LogP contribution >= 0.6 is 11.6 Å². The monoisotopic (exact) mass is 267 g/mol. The maximum atomic E-state index is 11.4. The fourth-order valence-corrected chi connectivity index (χ4v) is 1.57. The van der Waals surface area contributed by atoms with Crippen molar-refractivity contribution in [1.82, 2.24) is 0 Å². The smallest absolute Gasteiger partial charge is 0.307 e. The first kappa shape index (κ1) is 14.3. The van der Waals surface area contributed by atoms with Crippen LogP contribution in [0.15, 0.2) is 18.2 Å². The second kappa shape index (κ2) is 6.87. The highest BCUT2D eigenvalue weighted by Gasteiger charge is 2.11. The minimum Gasteiger partial charge on any atom is -0.496 e. The van der Waals surface area contributed by atoms with E-state index in [0.29, 0.717) is 16.3 Å². The molecule has 1 unspecified atom stereocenters. The molecular formula is C13H14ClNO3. The van der Waals surface area contributed by atoms with Gasteiger partial charge in [-0.3, -0.25) is 4.79 Å². The molecule has 0 fully saturated rings. The third-order valence-electron chi connectivity index (χ3n) is 2.32. The molecule has 5 heteroatoms. The Morgan fingerprint density at radius 3 is 2.89 bits per heavy atom. The average Bonchev–Trinajstić information content (AvgIpc) is 2.36. The van der Waals surface area contributed by atoms with Gasteiger partial charge in [-0.05, 0) is 25.1 Å². The van der Waals surface area contributed by atoms with Gasteiger partial charge in [0.25, 0.3) is 0 Å². The lowest BCUT2D eigenvalue weighted by Crippen LogP contribution is -2.09. The lowest BCUT2D eigenvalue weighted by Gasteiger charge is -2.10. The molecule has 0 amide bonds. The summed E-state index contributed by atoms with van der Waals surface area (Å²) >= 11 is 5.86. The Labute approximate surface area is 111 Å². The molecule has 0 aliphatic heterocycles. The minimum absolute atomic E-state index is 0.0827. The zero-order valence-corrected chi connectivity index (χ0v) is 11.0. The average molecular weight is 268 g/mol. The number of benzene rings is 1. The van der Waals surface area contributed by atoms with E-state index in [0.717, 1.165) is 0 Å². The van der Waals surface area contributed by atoms with Gasteiger partial charge in [0.2, 0.25) is 0 Å². The van der Waals surface area contributed by atoms with Crippen LogP contribution in [0.5, 0.6) is 5.75 Å². The molecule has 0 radical (unpaired) electrons. The van der Waals surface area contributed by atoms with E-state index in [2.05, 4.69) is 0 Å². The van der Waals surface area contributed by atoms with Crippen molar-refractivity contribution >= 4 is 17.6 Å². The number of hydrogen-bond acceptors (Lipinski definition) is 4. The Morgan fingerprint density at radius 2 is 2.28 bits per heavy atom. The largest absolute Gasteiger partial charge is 0.496 e. The lowest BCUT2D eigenvalue weighted by atomic mass is 10.1. The van der Waals surface area contributed by atoms with Crippen LogP contribution < -0.4 is 4.74 Å². The van der Waals surface area contributed by atoms with Crippen LogP contribution in [0, 0.1) is 17.2 Å². The molecule has 1 atom stereocenters. The van der Waals surface area contributed by atoms with Crippen LogP contribution in [0.1, 0.15) is 18.9 Å². The van der Waals surface area contributed by atoms with Crippen LogP contribution in [0.4, 0.5) is 0 Å². The van der Waals surface area contributed by atoms with E-state index in [1.807, 2.05) is 6.07 Å². The molecule has 18 heavy (non-hydrogen) atoms. The molecule has 0 aliphatic rings. The standard InChI is InChI=1S/C13H14ClNO3/c1-9(7-15)5-13(16)18-8-10-6-11(14)3-4-12(10)17-2/h3-4,6,9H,5,8H2,1-2H3. The summed E-state index contributed by atoms with van der Waals surface area (Å²) in [6.07, 6.45) is 0.0827. The number of hydrogen-bond donors (Lipinski definition) is 0. The van der Waals surface area contributed by atoms with Gasteiger partial charge < -0.3 is 9.47 Å². The summed E-state index contributed by atoms with van der Waals surface area (Å²) in [7, 11) is 1.53. The SMILES string of the molecule is COc1ccc(Cl)cc1COC(=O)CC(C)C#N. The van der Waals surface area contributed by atoms with Crippen LogP contribution in [0.3, 0.4) is 0 Å². The van der Waals surface area contributed by atoms with E-state index in [4.69, 9.17) is 26.3 Å². The highest BCUT2D eigenvalue weighted by atomic mass is 35.5. The van der Waals surface area contributed by atoms with Crippen molar-refractivity contribution in [1.29, 1.82) is 5.26 Å². The third kappa shape index (κ3) is 4.27. The van der Waals surface area contributed by atoms with Crippen molar-refractivity contribution < 1.29 is 14.3 Å². The van der Waals surface area contributed by atoms with E-state index < -0.39 is 5.97 Å². The fourth-order valence-electron chi connectivity index (χ4n) is 1.37. The number of rotatable bonds is 5. The summed E-state index contributed by atoms with van der Waals surface area (Å²) in [5.41, 5.74) is 0.697. The van der Waals surface area contributed by atoms with Gasteiger partial charge >= 0.3 is 5.97 Å². The van der Waals surface area contributed by atoms with E-state index in [1.165, 1.54) is 7.11 Å². The van der Waals surface area contributed by atoms with Gasteiger partial charge in [0.15, 0.2) is 0 Å². The molecule has 0 spiro atoms. The van der Waals surface area contributed by atoms with E-state index in [1.54, 1.807) is 25.1 Å². The van der Waals surface area contributed by atoms with Gasteiger partial charge in [0.1, 0.15) is 12.4 Å². The Kier molecular flexibility index (Phi) is 5.47. The van der Waals surface area contributed by atoms with Crippen molar-refractivity contribution in [3.63, 3.8) is 0 Å². The zero-order valence-electron chi connectivity index (χ0n) is 10.3. The summed E-state index contributed by atoms with van der Waals surface area (Å²) in [6, 6.07) is 7.07. The van der Waals surface area contributed by atoms with E-state index in [9.17, 15) is 4.79 Å². The first-order valence-corrected chi connectivity index (χ1v) is 5.82. The van der Waals surface area contributed by atoms with Crippen molar-refractivity contribution in [2.75, 3.05) is 7.11 Å². The normalized spacial score (nSPS) is 11.4. The maximum Gasteiger partial charge on any atom is 0.307 e. The number of carbonyl (C=O) groups excluding carboxylic acids is 1. The van der Waals surface area contributed by atoms with Crippen molar-refractivity contribution in [2.24, 2.45) is 5.92 Å². The highest BCUT2D eigenvalue weighted by Crippen LogP contribution is 2.23. The number of ether oxygens (including phenoxy) is 2. The second-order valence-corrected chi connectivity index (χ2v) is 4.29. The summed E-state index contributed by atoms with van der Waals surface area (Å²) in [5, 5.41) is 9.14. The number of nitriles is 1. The Bertz CT molecular complexity index is 468. The van der Waals surface area contributed by atoms with Gasteiger partial charge in [0.05, 0.1) is 25.5 Å². The minimum atomic E-state index is -0.411. The second-order valence-electron chi connectivity index (χ2n) is 3.85. The molecule has 0 N–H and O–H groups in total. The molecular weight excluding hydrogens is 254 g/mol. The lowest BCUT2D eigenvalue weighted by molar-refractivity contribution is -0.145. The predicted octanol–water partition coefficient (Wildman–Crippen LogP) is 2.94. The molecule has 0 heterocycles. The van der Waals surface area contributed by atoms with E-state index >= 15 is 0 Å². The number of nitrogens with zero attached hydrogens (tertiary/aromatic N) is 1. The van der Waals surface area contributed by atoms with Crippen LogP contribution in [-0.2, 0) is 16.1 Å². The van der Waals surface area contributed by atoms with Crippen molar-refractivity contribution in [3.05, 3.63) is 28.8 Å². The summed E-state index contributed by atoms with van der Waals surface area (Å²) in [6.45, 7) is 1.75. The van der Waals surface area contributed by atoms with Crippen molar-refractivity contribution in [2.45, 2.75) is 20.0 Å². The van der Waals surface area contributed by atoms with Crippen LogP contribution in [0.2, 0.25) is 5.02 Å². The molecule has 0 saturated heterocycles. The third-order valence-corrected chi connectivity index (χ3v) is 2.56. The Hall–Kier alpha value is -1.73. The topological polar surface area (TPSA) is 59.3 Å². The number of esters is 1. The fraction of sp³-hybridized carbons (Fsp3) is 0.385. The Morgan fingerprint density at radius 1 is 1.56 bits per heavy atom. The van der Waals surface area contributed by atoms with E-state index in [-0.39, 0.29) is 18.9 Å². The van der Waals surface area contributed by atoms with Gasteiger partial charge in [-0.25, -0.2) is 0 Å². The molecule has 0 bridgehead atoms. The summed E-state index contributed by atoms with van der Waals surface area (Å²) in [5.74, 6) is -0.148. The van der Waals surface area contributed by atoms with Gasteiger partial charge in [-0.15, -0.1) is 0 Å². The molecule has 1 aromatic rings. The van der Waals surface area contributed by atoms with Crippen LogP contribution in [0.25, 0.3) is 0 Å². The summed E-state index contributed by atoms with van der Waals surface area (Å²) < 4.78 is 10.2. The van der Waals surface area contributed by atoms with Gasteiger partial charge in [0, 0.05) is 10.6 Å². The molecule has 0 aromatic heterocycles. The predicted molar refractivity (Wildman–Crippen MR) is 67.2 cm³/mol. The molecule has 96 valence electrons. The van der Waals surface area contributed by atoms with Gasteiger partial charge in [-0.2, -0.15) is 5.26 Å². The molecule has 4 nitrogen and oxygen atoms in total. The van der Waals surface area contributed by atoms with Gasteiger partial charge in [-0.1, -0.05) is 11.6 Å². The molecule has 0 aliphatic carbocycles. The molecule has 0 saturated carbocycles. The van der Waals surface area contributed by atoms with Crippen LogP contribution in [-0.4, -0.2) is 13.1 Å². The summed E-state index contributed by atoms with van der Waals surface area (Å²) in [4.78, 5) is 11.4. The highest BCUT2D eigenvalue weighted by molar-refractivity contribution is 6.30. The van der Waals surface area contributed by atoms with Crippen molar-refractivity contribution in [3.8, 4) is 11.8 Å². The zero-order chi connectivity index (χ0) is 13.5. The molecule has 1 rings (SSSR count). The Balaban J connectivity index is 2.60. The quantitative estimate of drug-likeness (QED) is 0.770. The first-order valence-electron chi connectivity index (χ1n) is 5.44. The number of halogens is 1. The number of methoxy groups -OCH3 is 1. The maximum absolute atomic E-state index is 11.4. The first-order chi connectivity index (χ1) is 8.56. The number of carbonyl (C=O) groups is 1.